The Hall–Kier alpha value is -1.55. The third-order valence-corrected chi connectivity index (χ3v) is 4.34. The van der Waals surface area contributed by atoms with E-state index in [9.17, 15) is 4.79 Å². The van der Waals surface area contributed by atoms with E-state index >= 15 is 0 Å². The Balaban J connectivity index is 1.77. The molecule has 0 spiro atoms. The van der Waals surface area contributed by atoms with Gasteiger partial charge >= 0.3 is 6.03 Å². The number of amides is 2. The van der Waals surface area contributed by atoms with Gasteiger partial charge in [-0.05, 0) is 50.8 Å². The smallest absolute Gasteiger partial charge is 0.324 e. The molecule has 1 saturated carbocycles. The molecule has 2 aliphatic rings. The largest absolute Gasteiger partial charge is 0.325 e. The van der Waals surface area contributed by atoms with Crippen molar-refractivity contribution in [2.24, 2.45) is 5.73 Å². The zero-order valence-electron chi connectivity index (χ0n) is 12.3. The first-order valence-electron chi connectivity index (χ1n) is 7.44. The van der Waals surface area contributed by atoms with Gasteiger partial charge in [-0.3, -0.25) is 4.90 Å². The molecule has 0 unspecified atom stereocenters. The number of nitrogens with zero attached hydrogens (tertiary/aromatic N) is 2. The van der Waals surface area contributed by atoms with Crippen LogP contribution in [0.25, 0.3) is 0 Å². The molecular formula is C16H23N3O. The number of hydrogen-bond donors (Lipinski definition) is 1. The van der Waals surface area contributed by atoms with Crippen molar-refractivity contribution in [1.29, 1.82) is 0 Å². The van der Waals surface area contributed by atoms with E-state index in [1.807, 2.05) is 21.9 Å². The maximum Gasteiger partial charge on any atom is 0.324 e. The van der Waals surface area contributed by atoms with Crippen molar-refractivity contribution >= 4 is 11.7 Å². The Morgan fingerprint density at radius 3 is 2.65 bits per heavy atom. The summed E-state index contributed by atoms with van der Waals surface area (Å²) in [5, 5.41) is 0. The van der Waals surface area contributed by atoms with Crippen LogP contribution in [0.15, 0.2) is 24.3 Å². The molecule has 0 bridgehead atoms. The van der Waals surface area contributed by atoms with Crippen LogP contribution < -0.4 is 10.6 Å². The predicted octanol–water partition coefficient (Wildman–Crippen LogP) is 2.37. The summed E-state index contributed by atoms with van der Waals surface area (Å²) >= 11 is 0. The van der Waals surface area contributed by atoms with Crippen molar-refractivity contribution in [2.75, 3.05) is 18.0 Å². The number of nitrogens with two attached hydrogens (primary N) is 1. The lowest BCUT2D eigenvalue weighted by Gasteiger charge is -2.22. The summed E-state index contributed by atoms with van der Waals surface area (Å²) in [5.74, 6) is 0. The van der Waals surface area contributed by atoms with E-state index in [4.69, 9.17) is 5.73 Å². The molecule has 2 amide bonds. The van der Waals surface area contributed by atoms with Crippen LogP contribution in [0.4, 0.5) is 10.5 Å². The molecule has 1 aliphatic heterocycles. The molecule has 1 aromatic carbocycles. The first-order chi connectivity index (χ1) is 9.48. The van der Waals surface area contributed by atoms with Crippen LogP contribution in [-0.2, 0) is 6.42 Å². The quantitative estimate of drug-likeness (QED) is 0.915. The molecule has 2 fully saturated rings. The van der Waals surface area contributed by atoms with Gasteiger partial charge in [0.2, 0.25) is 0 Å². The Kier molecular flexibility index (Phi) is 3.21. The molecule has 4 nitrogen and oxygen atoms in total. The average molecular weight is 273 g/mol. The Bertz CT molecular complexity index is 522. The van der Waals surface area contributed by atoms with Gasteiger partial charge in [0, 0.05) is 30.4 Å². The van der Waals surface area contributed by atoms with E-state index in [1.165, 1.54) is 5.56 Å². The normalized spacial score (nSPS) is 20.9. The molecule has 108 valence electrons. The Morgan fingerprint density at radius 2 is 2.05 bits per heavy atom. The number of anilines is 1. The van der Waals surface area contributed by atoms with E-state index in [0.717, 1.165) is 38.0 Å². The van der Waals surface area contributed by atoms with Gasteiger partial charge in [0.1, 0.15) is 0 Å². The van der Waals surface area contributed by atoms with Crippen LogP contribution in [0.5, 0.6) is 0 Å². The molecule has 2 N–H and O–H groups in total. The molecule has 1 saturated heterocycles. The Morgan fingerprint density at radius 1 is 1.30 bits per heavy atom. The standard InChI is InChI=1S/C16H23N3O/c1-12(2)18-8-9-19(15(18)20)14-5-3-4-13(10-14)11-16(17)6-7-16/h3-5,10,12H,6-9,11,17H2,1-2H3. The highest BCUT2D eigenvalue weighted by atomic mass is 16.2. The van der Waals surface area contributed by atoms with E-state index < -0.39 is 0 Å². The van der Waals surface area contributed by atoms with Crippen molar-refractivity contribution in [1.82, 2.24) is 4.90 Å². The molecule has 1 aromatic rings. The molecular weight excluding hydrogens is 250 g/mol. The molecule has 0 aromatic heterocycles. The maximum absolute atomic E-state index is 12.4. The van der Waals surface area contributed by atoms with Crippen LogP contribution >= 0.6 is 0 Å². The van der Waals surface area contributed by atoms with Gasteiger partial charge in [-0.25, -0.2) is 4.79 Å². The third-order valence-electron chi connectivity index (χ3n) is 4.34. The number of benzene rings is 1. The SMILES string of the molecule is CC(C)N1CCN(c2cccc(CC3(N)CC3)c2)C1=O. The van der Waals surface area contributed by atoms with E-state index in [0.29, 0.717) is 0 Å². The lowest BCUT2D eigenvalue weighted by Crippen LogP contribution is -2.36. The lowest BCUT2D eigenvalue weighted by atomic mass is 10.0. The zero-order valence-corrected chi connectivity index (χ0v) is 12.3. The van der Waals surface area contributed by atoms with E-state index in [-0.39, 0.29) is 17.6 Å². The van der Waals surface area contributed by atoms with Gasteiger partial charge in [0.05, 0.1) is 0 Å². The number of carbonyl (C=O) groups excluding carboxylic acids is 1. The number of urea groups is 1. The summed E-state index contributed by atoms with van der Waals surface area (Å²) in [5.41, 5.74) is 8.43. The Labute approximate surface area is 120 Å². The van der Waals surface area contributed by atoms with Gasteiger partial charge in [0.25, 0.3) is 0 Å². The summed E-state index contributed by atoms with van der Waals surface area (Å²) in [7, 11) is 0. The van der Waals surface area contributed by atoms with Crippen molar-refractivity contribution in [3.05, 3.63) is 29.8 Å². The number of rotatable bonds is 4. The summed E-state index contributed by atoms with van der Waals surface area (Å²) in [6, 6.07) is 8.65. The second-order valence-electron chi connectivity index (χ2n) is 6.43. The van der Waals surface area contributed by atoms with Gasteiger partial charge in [-0.1, -0.05) is 12.1 Å². The highest BCUT2D eigenvalue weighted by Crippen LogP contribution is 2.36. The van der Waals surface area contributed by atoms with Gasteiger partial charge in [-0.15, -0.1) is 0 Å². The minimum atomic E-state index is 0.0115. The predicted molar refractivity (Wildman–Crippen MR) is 80.9 cm³/mol. The van der Waals surface area contributed by atoms with Gasteiger partial charge < -0.3 is 10.6 Å². The lowest BCUT2D eigenvalue weighted by molar-refractivity contribution is 0.209. The second-order valence-corrected chi connectivity index (χ2v) is 6.43. The van der Waals surface area contributed by atoms with Gasteiger partial charge in [-0.2, -0.15) is 0 Å². The molecule has 1 heterocycles. The topological polar surface area (TPSA) is 49.6 Å². The van der Waals surface area contributed by atoms with Crippen LogP contribution in [0.1, 0.15) is 32.3 Å². The summed E-state index contributed by atoms with van der Waals surface area (Å²) in [4.78, 5) is 16.2. The highest BCUT2D eigenvalue weighted by molar-refractivity contribution is 5.94. The zero-order chi connectivity index (χ0) is 14.3. The molecule has 1 aliphatic carbocycles. The summed E-state index contributed by atoms with van der Waals surface area (Å²) in [6.45, 7) is 5.70. The molecule has 0 atom stereocenters. The summed E-state index contributed by atoms with van der Waals surface area (Å²) in [6.07, 6.45) is 3.14. The molecule has 20 heavy (non-hydrogen) atoms. The average Bonchev–Trinajstić information content (AvgIpc) is 2.98. The van der Waals surface area contributed by atoms with Crippen LogP contribution in [-0.4, -0.2) is 35.6 Å². The van der Waals surface area contributed by atoms with Crippen molar-refractivity contribution < 1.29 is 4.79 Å². The highest BCUT2D eigenvalue weighted by Gasteiger charge is 2.38. The van der Waals surface area contributed by atoms with Crippen LogP contribution in [0, 0.1) is 0 Å². The third kappa shape index (κ3) is 2.52. The number of carbonyl (C=O) groups is 1. The monoisotopic (exact) mass is 273 g/mol. The minimum Gasteiger partial charge on any atom is -0.325 e. The first-order valence-corrected chi connectivity index (χ1v) is 7.44. The second kappa shape index (κ2) is 4.77. The molecule has 4 heteroatoms. The fourth-order valence-electron chi connectivity index (χ4n) is 2.85. The fourth-order valence-corrected chi connectivity index (χ4v) is 2.85. The molecule has 3 rings (SSSR count). The van der Waals surface area contributed by atoms with Crippen molar-refractivity contribution in [3.8, 4) is 0 Å². The summed E-state index contributed by atoms with van der Waals surface area (Å²) < 4.78 is 0. The molecule has 0 radical (unpaired) electrons. The first kappa shape index (κ1) is 13.4. The fraction of sp³-hybridized carbons (Fsp3) is 0.562. The maximum atomic E-state index is 12.4. The van der Waals surface area contributed by atoms with Crippen molar-refractivity contribution in [2.45, 2.75) is 44.7 Å². The van der Waals surface area contributed by atoms with E-state index in [2.05, 4.69) is 26.0 Å². The number of hydrogen-bond acceptors (Lipinski definition) is 2. The van der Waals surface area contributed by atoms with Gasteiger partial charge in [0.15, 0.2) is 0 Å². The van der Waals surface area contributed by atoms with Crippen LogP contribution in [0.2, 0.25) is 0 Å². The van der Waals surface area contributed by atoms with Crippen molar-refractivity contribution in [3.63, 3.8) is 0 Å². The van der Waals surface area contributed by atoms with E-state index in [1.54, 1.807) is 0 Å². The van der Waals surface area contributed by atoms with Crippen LogP contribution in [0.3, 0.4) is 0 Å². The minimum absolute atomic E-state index is 0.0115.